The predicted molar refractivity (Wildman–Crippen MR) is 135 cm³/mol. The van der Waals surface area contributed by atoms with E-state index in [2.05, 4.69) is 10.3 Å². The topological polar surface area (TPSA) is 137 Å². The third-order valence-electron chi connectivity index (χ3n) is 5.63. The molecule has 2 aromatic carbocycles. The average Bonchev–Trinajstić information content (AvgIpc) is 3.26. The van der Waals surface area contributed by atoms with Crippen LogP contribution in [0.25, 0.3) is 22.6 Å². The number of nitrogen functional groups attached to an aromatic ring is 1. The fourth-order valence-corrected chi connectivity index (χ4v) is 3.91. The number of benzene rings is 2. The van der Waals surface area contributed by atoms with Crippen LogP contribution < -0.4 is 11.1 Å². The van der Waals surface area contributed by atoms with Crippen molar-refractivity contribution >= 4 is 40.8 Å². The lowest BCUT2D eigenvalue weighted by molar-refractivity contribution is -0.123. The highest BCUT2D eigenvalue weighted by molar-refractivity contribution is 5.96. The summed E-state index contributed by atoms with van der Waals surface area (Å²) in [4.78, 5) is 41.9. The number of aldehydes is 1. The second-order valence-electron chi connectivity index (χ2n) is 9.70. The Morgan fingerprint density at radius 3 is 2.53 bits per heavy atom. The van der Waals surface area contributed by atoms with Crippen LogP contribution in [0.5, 0.6) is 0 Å². The van der Waals surface area contributed by atoms with Crippen LogP contribution in [0.2, 0.25) is 0 Å². The molecule has 10 nitrogen and oxygen atoms in total. The van der Waals surface area contributed by atoms with Crippen molar-refractivity contribution in [2.24, 2.45) is 0 Å². The molecule has 1 fully saturated rings. The van der Waals surface area contributed by atoms with Crippen molar-refractivity contribution in [2.75, 3.05) is 30.7 Å². The minimum absolute atomic E-state index is 0.0835. The summed E-state index contributed by atoms with van der Waals surface area (Å²) in [5, 5.41) is 2.80. The molecule has 2 heterocycles. The molecule has 0 aliphatic carbocycles. The van der Waals surface area contributed by atoms with E-state index in [0.29, 0.717) is 71.7 Å². The number of likely N-dealkylation sites (tertiary alicyclic amines) is 1. The number of ether oxygens (including phenoxy) is 2. The van der Waals surface area contributed by atoms with Gasteiger partial charge in [0.05, 0.1) is 11.7 Å². The highest BCUT2D eigenvalue weighted by Crippen LogP contribution is 2.28. The Morgan fingerprint density at radius 2 is 1.89 bits per heavy atom. The number of hydrogen-bond donors (Lipinski definition) is 2. The van der Waals surface area contributed by atoms with Crippen molar-refractivity contribution in [1.82, 2.24) is 9.88 Å². The Morgan fingerprint density at radius 1 is 1.19 bits per heavy atom. The maximum Gasteiger partial charge on any atom is 0.410 e. The Balaban J connectivity index is 1.27. The number of nitrogens with two attached hydrogens (primary N) is 1. The van der Waals surface area contributed by atoms with Gasteiger partial charge in [-0.15, -0.1) is 0 Å². The zero-order valence-corrected chi connectivity index (χ0v) is 20.6. The molecule has 10 heteroatoms. The zero-order valence-electron chi connectivity index (χ0n) is 20.6. The summed E-state index contributed by atoms with van der Waals surface area (Å²) in [6.07, 6.45) is 1.54. The maximum atomic E-state index is 12.4. The summed E-state index contributed by atoms with van der Waals surface area (Å²) in [6.45, 7) is 6.48. The van der Waals surface area contributed by atoms with E-state index < -0.39 is 5.60 Å². The molecule has 1 aromatic heterocycles. The van der Waals surface area contributed by atoms with Gasteiger partial charge in [-0.2, -0.15) is 0 Å². The van der Waals surface area contributed by atoms with Crippen molar-refractivity contribution < 1.29 is 28.3 Å². The molecule has 3 N–H and O–H groups in total. The van der Waals surface area contributed by atoms with Crippen LogP contribution in [0, 0.1) is 0 Å². The molecular weight excluding hydrogens is 464 g/mol. The molecule has 0 unspecified atom stereocenters. The number of carbonyl (C=O) groups is 3. The van der Waals surface area contributed by atoms with E-state index in [9.17, 15) is 14.4 Å². The highest BCUT2D eigenvalue weighted by Gasteiger charge is 2.27. The second-order valence-corrected chi connectivity index (χ2v) is 9.70. The van der Waals surface area contributed by atoms with Crippen LogP contribution >= 0.6 is 0 Å². The van der Waals surface area contributed by atoms with E-state index in [1.165, 1.54) is 6.07 Å². The summed E-state index contributed by atoms with van der Waals surface area (Å²) in [5.41, 5.74) is 8.21. The summed E-state index contributed by atoms with van der Waals surface area (Å²) in [5.74, 6) is 0.0721. The lowest BCUT2D eigenvalue weighted by Crippen LogP contribution is -2.43. The van der Waals surface area contributed by atoms with Gasteiger partial charge in [0.15, 0.2) is 11.9 Å². The highest BCUT2D eigenvalue weighted by atomic mass is 16.6. The minimum atomic E-state index is -0.530. The Bertz CT molecular complexity index is 1250. The number of piperidine rings is 1. The quantitative estimate of drug-likeness (QED) is 0.383. The first kappa shape index (κ1) is 25.2. The molecular formula is C26H30N4O6. The van der Waals surface area contributed by atoms with E-state index in [4.69, 9.17) is 19.6 Å². The number of nitrogens with zero attached hydrogens (tertiary/aromatic N) is 2. The summed E-state index contributed by atoms with van der Waals surface area (Å²) in [6, 6.07) is 10.2. The Kier molecular flexibility index (Phi) is 7.25. The molecule has 1 aliphatic rings. The summed E-state index contributed by atoms with van der Waals surface area (Å²) >= 11 is 0. The van der Waals surface area contributed by atoms with E-state index in [1.807, 2.05) is 20.8 Å². The normalized spacial score (nSPS) is 14.6. The second kappa shape index (κ2) is 10.4. The summed E-state index contributed by atoms with van der Waals surface area (Å²) in [7, 11) is 0. The molecule has 1 aliphatic heterocycles. The van der Waals surface area contributed by atoms with Gasteiger partial charge < -0.3 is 29.8 Å². The molecule has 0 spiro atoms. The standard InChI is InChI=1S/C26H30N4O6/c1-26(2,3)36-25(33)30-10-8-20(9-11-30)34-15-22(32)28-19-6-4-16(5-7-19)24-29-21-13-18(27)12-17(14-31)23(21)35-24/h4-7,12-14,20H,8-11,15,27H2,1-3H3,(H,28,32). The lowest BCUT2D eigenvalue weighted by Gasteiger charge is -2.33. The van der Waals surface area contributed by atoms with E-state index in [1.54, 1.807) is 35.2 Å². The van der Waals surface area contributed by atoms with Crippen LogP contribution in [-0.4, -0.2) is 59.6 Å². The Hall–Kier alpha value is -3.92. The molecule has 3 aromatic rings. The van der Waals surface area contributed by atoms with Gasteiger partial charge in [-0.05, 0) is 70.0 Å². The van der Waals surface area contributed by atoms with Crippen molar-refractivity contribution in [3.05, 3.63) is 42.0 Å². The van der Waals surface area contributed by atoms with E-state index >= 15 is 0 Å². The number of carbonyl (C=O) groups excluding carboxylic acids is 3. The molecule has 36 heavy (non-hydrogen) atoms. The van der Waals surface area contributed by atoms with Crippen LogP contribution in [0.3, 0.4) is 0 Å². The smallest absolute Gasteiger partial charge is 0.410 e. The van der Waals surface area contributed by atoms with Crippen LogP contribution in [0.1, 0.15) is 44.0 Å². The van der Waals surface area contributed by atoms with Gasteiger partial charge in [-0.25, -0.2) is 9.78 Å². The third-order valence-corrected chi connectivity index (χ3v) is 5.63. The molecule has 0 radical (unpaired) electrons. The van der Waals surface area contributed by atoms with E-state index in [0.717, 1.165) is 0 Å². The summed E-state index contributed by atoms with van der Waals surface area (Å²) < 4.78 is 16.9. The Labute approximate surface area is 208 Å². The number of anilines is 2. The number of rotatable bonds is 6. The van der Waals surface area contributed by atoms with Crippen LogP contribution in [0.4, 0.5) is 16.2 Å². The molecule has 0 atom stereocenters. The SMILES string of the molecule is CC(C)(C)OC(=O)N1CCC(OCC(=O)Nc2ccc(-c3nc4cc(N)cc(C=O)c4o3)cc2)CC1. The maximum absolute atomic E-state index is 12.4. The molecule has 2 amide bonds. The van der Waals surface area contributed by atoms with Crippen LogP contribution in [0.15, 0.2) is 40.8 Å². The predicted octanol–water partition coefficient (Wildman–Crippen LogP) is 4.24. The molecule has 190 valence electrons. The van der Waals surface area contributed by atoms with Crippen molar-refractivity contribution in [2.45, 2.75) is 45.3 Å². The van der Waals surface area contributed by atoms with Gasteiger partial charge in [0, 0.05) is 30.0 Å². The number of oxazole rings is 1. The molecule has 1 saturated heterocycles. The number of nitrogens with one attached hydrogen (secondary N) is 1. The van der Waals surface area contributed by atoms with Gasteiger partial charge in [0.1, 0.15) is 17.7 Å². The van der Waals surface area contributed by atoms with Crippen molar-refractivity contribution in [1.29, 1.82) is 0 Å². The monoisotopic (exact) mass is 494 g/mol. The van der Waals surface area contributed by atoms with Crippen molar-refractivity contribution in [3.63, 3.8) is 0 Å². The number of fused-ring (bicyclic) bond motifs is 1. The van der Waals surface area contributed by atoms with Gasteiger partial charge in [-0.3, -0.25) is 9.59 Å². The molecule has 0 saturated carbocycles. The van der Waals surface area contributed by atoms with E-state index in [-0.39, 0.29) is 24.7 Å². The first-order chi connectivity index (χ1) is 17.1. The molecule has 4 rings (SSSR count). The minimum Gasteiger partial charge on any atom is -0.444 e. The fraction of sp³-hybridized carbons (Fsp3) is 0.385. The first-order valence-corrected chi connectivity index (χ1v) is 11.8. The van der Waals surface area contributed by atoms with Gasteiger partial charge in [-0.1, -0.05) is 0 Å². The molecule has 0 bridgehead atoms. The zero-order chi connectivity index (χ0) is 25.9. The lowest BCUT2D eigenvalue weighted by atomic mass is 10.1. The number of amides is 2. The fourth-order valence-electron chi connectivity index (χ4n) is 3.91. The van der Waals surface area contributed by atoms with Gasteiger partial charge >= 0.3 is 6.09 Å². The number of hydrogen-bond acceptors (Lipinski definition) is 8. The largest absolute Gasteiger partial charge is 0.444 e. The van der Waals surface area contributed by atoms with Gasteiger partial charge in [0.2, 0.25) is 11.8 Å². The van der Waals surface area contributed by atoms with Crippen molar-refractivity contribution in [3.8, 4) is 11.5 Å². The number of aromatic nitrogens is 1. The third kappa shape index (κ3) is 6.19. The first-order valence-electron chi connectivity index (χ1n) is 11.8. The van der Waals surface area contributed by atoms with Crippen LogP contribution in [-0.2, 0) is 14.3 Å². The van der Waals surface area contributed by atoms with Gasteiger partial charge in [0.25, 0.3) is 0 Å². The average molecular weight is 495 g/mol.